The molecule has 0 aliphatic rings. The van der Waals surface area contributed by atoms with Crippen LogP contribution in [0.15, 0.2) is 0 Å². The molecule has 0 aliphatic carbocycles. The molecule has 0 amide bonds. The van der Waals surface area contributed by atoms with Crippen molar-refractivity contribution in [3.05, 3.63) is 0 Å². The minimum atomic E-state index is -3.43. The smallest absolute Gasteiger partial charge is 0.374 e. The van der Waals surface area contributed by atoms with Crippen molar-refractivity contribution in [3.63, 3.8) is 0 Å². The Balaban J connectivity index is 6.83. The molecule has 0 fully saturated rings. The molecule has 10 heteroatoms. The van der Waals surface area contributed by atoms with Crippen LogP contribution in [-0.4, -0.2) is 69.3 Å². The van der Waals surface area contributed by atoms with E-state index in [1.54, 1.807) is 0 Å². The Morgan fingerprint density at radius 1 is 0.439 bits per heavy atom. The van der Waals surface area contributed by atoms with Gasteiger partial charge < -0.3 is 38.0 Å². The van der Waals surface area contributed by atoms with Gasteiger partial charge in [0.1, 0.15) is 5.16 Å². The fraction of sp³-hybridized carbons (Fsp3) is 1.00. The number of unbranched alkanes of at least 4 members (excludes halogenated alkanes) is 9. The highest BCUT2D eigenvalue weighted by atomic mass is 28.5. The van der Waals surface area contributed by atoms with Crippen LogP contribution in [0, 0.1) is 0 Å². The Kier molecular flexibility index (Phi) is 26.6. The van der Waals surface area contributed by atoms with Gasteiger partial charge in [-0.3, -0.25) is 0 Å². The standard InChI is InChI=1S/C31H70N2O6Si2/c1-8-15-19-23-27-36-40(34-13-6,35-14-7)31(28-30(33)29(32)12-5)41(37-24-20-16-9-2,38-25-21-17-10-3)39-26-22-18-11-4/h29-31H,8-28,32-33H2,1-7H3. The first-order valence-electron chi connectivity index (χ1n) is 17.2. The van der Waals surface area contributed by atoms with Gasteiger partial charge in [0.15, 0.2) is 0 Å². The maximum atomic E-state index is 6.91. The van der Waals surface area contributed by atoms with Gasteiger partial charge in [-0.05, 0) is 52.4 Å². The van der Waals surface area contributed by atoms with E-state index in [2.05, 4.69) is 34.6 Å². The van der Waals surface area contributed by atoms with Crippen molar-refractivity contribution in [2.45, 2.75) is 162 Å². The van der Waals surface area contributed by atoms with E-state index in [1.807, 2.05) is 13.8 Å². The van der Waals surface area contributed by atoms with Gasteiger partial charge in [0.05, 0.1) is 0 Å². The zero-order chi connectivity index (χ0) is 30.8. The Labute approximate surface area is 257 Å². The molecular weight excluding hydrogens is 553 g/mol. The van der Waals surface area contributed by atoms with Gasteiger partial charge in [0.2, 0.25) is 0 Å². The predicted octanol–water partition coefficient (Wildman–Crippen LogP) is 7.52. The summed E-state index contributed by atoms with van der Waals surface area (Å²) >= 11 is 0. The molecule has 0 saturated heterocycles. The van der Waals surface area contributed by atoms with E-state index in [0.717, 1.165) is 77.0 Å². The molecule has 3 unspecified atom stereocenters. The lowest BCUT2D eigenvalue weighted by molar-refractivity contribution is 0.0205. The molecule has 0 radical (unpaired) electrons. The summed E-state index contributed by atoms with van der Waals surface area (Å²) in [7, 11) is -6.83. The summed E-state index contributed by atoms with van der Waals surface area (Å²) in [6.07, 6.45) is 15.2. The van der Waals surface area contributed by atoms with E-state index < -0.39 is 17.6 Å². The van der Waals surface area contributed by atoms with Crippen molar-refractivity contribution < 1.29 is 26.6 Å². The highest BCUT2D eigenvalue weighted by Gasteiger charge is 2.66. The molecule has 8 nitrogen and oxygen atoms in total. The van der Waals surface area contributed by atoms with Crippen LogP contribution in [-0.2, 0) is 26.6 Å². The molecule has 248 valence electrons. The highest BCUT2D eigenvalue weighted by Crippen LogP contribution is 2.41. The zero-order valence-electron chi connectivity index (χ0n) is 28.2. The van der Waals surface area contributed by atoms with Gasteiger partial charge in [0.25, 0.3) is 0 Å². The molecular formula is C31H70N2O6Si2. The normalized spacial score (nSPS) is 14.9. The maximum absolute atomic E-state index is 6.91. The number of nitrogens with two attached hydrogens (primary N) is 2. The summed E-state index contributed by atoms with van der Waals surface area (Å²) in [6, 6.07) is -0.449. The highest BCUT2D eigenvalue weighted by molar-refractivity contribution is 6.82. The minimum Gasteiger partial charge on any atom is -0.374 e. The van der Waals surface area contributed by atoms with Crippen molar-refractivity contribution in [1.82, 2.24) is 0 Å². The van der Waals surface area contributed by atoms with Crippen LogP contribution in [0.5, 0.6) is 0 Å². The lowest BCUT2D eigenvalue weighted by Gasteiger charge is -2.44. The summed E-state index contributed by atoms with van der Waals surface area (Å²) in [4.78, 5) is 0. The van der Waals surface area contributed by atoms with E-state index in [0.29, 0.717) is 46.1 Å². The van der Waals surface area contributed by atoms with Crippen LogP contribution in [0.1, 0.15) is 145 Å². The van der Waals surface area contributed by atoms with Crippen LogP contribution in [0.4, 0.5) is 0 Å². The maximum Gasteiger partial charge on any atom is 0.508 e. The first-order chi connectivity index (χ1) is 19.9. The van der Waals surface area contributed by atoms with Crippen LogP contribution in [0.3, 0.4) is 0 Å². The molecule has 0 aromatic carbocycles. The summed E-state index contributed by atoms with van der Waals surface area (Å²) in [5, 5.41) is -0.349. The molecule has 0 spiro atoms. The minimum absolute atomic E-state index is 0.163. The second kappa shape index (κ2) is 26.5. The third-order valence-corrected chi connectivity index (χ3v) is 15.6. The lowest BCUT2D eigenvalue weighted by atomic mass is 10.1. The lowest BCUT2D eigenvalue weighted by Crippen LogP contribution is -2.66. The summed E-state index contributed by atoms with van der Waals surface area (Å²) in [5.74, 6) is 0. The zero-order valence-corrected chi connectivity index (χ0v) is 30.2. The summed E-state index contributed by atoms with van der Waals surface area (Å²) < 4.78 is 40.8. The molecule has 0 aliphatic heterocycles. The van der Waals surface area contributed by atoms with Crippen molar-refractivity contribution >= 4 is 17.6 Å². The fourth-order valence-electron chi connectivity index (χ4n) is 4.95. The number of hydrogen-bond acceptors (Lipinski definition) is 8. The molecule has 3 atom stereocenters. The Hall–Kier alpha value is 0.114. The largest absolute Gasteiger partial charge is 0.508 e. The van der Waals surface area contributed by atoms with E-state index in [1.165, 1.54) is 12.8 Å². The summed E-state index contributed by atoms with van der Waals surface area (Å²) in [5.41, 5.74) is 13.4. The van der Waals surface area contributed by atoms with Gasteiger partial charge in [-0.1, -0.05) is 92.4 Å². The third kappa shape index (κ3) is 16.7. The number of hydrogen-bond donors (Lipinski definition) is 2. The second-order valence-corrected chi connectivity index (χ2v) is 17.3. The Morgan fingerprint density at radius 3 is 1.12 bits per heavy atom. The molecule has 4 N–H and O–H groups in total. The van der Waals surface area contributed by atoms with Gasteiger partial charge in [-0.25, -0.2) is 0 Å². The summed E-state index contributed by atoms with van der Waals surface area (Å²) in [6.45, 7) is 18.2. The van der Waals surface area contributed by atoms with E-state index in [4.69, 9.17) is 38.0 Å². The van der Waals surface area contributed by atoms with Crippen molar-refractivity contribution in [2.24, 2.45) is 11.5 Å². The van der Waals surface area contributed by atoms with E-state index >= 15 is 0 Å². The molecule has 0 saturated carbocycles. The van der Waals surface area contributed by atoms with E-state index in [9.17, 15) is 0 Å². The number of rotatable bonds is 31. The topological polar surface area (TPSA) is 107 Å². The first-order valence-corrected chi connectivity index (χ1v) is 20.8. The average molecular weight is 623 g/mol. The molecule has 41 heavy (non-hydrogen) atoms. The predicted molar refractivity (Wildman–Crippen MR) is 176 cm³/mol. The van der Waals surface area contributed by atoms with Crippen molar-refractivity contribution in [1.29, 1.82) is 0 Å². The van der Waals surface area contributed by atoms with Gasteiger partial charge in [0, 0.05) is 51.7 Å². The van der Waals surface area contributed by atoms with Crippen LogP contribution < -0.4 is 11.5 Å². The van der Waals surface area contributed by atoms with Crippen LogP contribution >= 0.6 is 0 Å². The van der Waals surface area contributed by atoms with Crippen molar-refractivity contribution in [2.75, 3.05) is 39.6 Å². The van der Waals surface area contributed by atoms with E-state index in [-0.39, 0.29) is 17.2 Å². The first kappa shape index (κ1) is 41.1. The Bertz CT molecular complexity index is 541. The van der Waals surface area contributed by atoms with Gasteiger partial charge in [-0.15, -0.1) is 0 Å². The van der Waals surface area contributed by atoms with Crippen molar-refractivity contribution in [3.8, 4) is 0 Å². The molecule has 0 aromatic heterocycles. The SMILES string of the molecule is CCCCCCO[Si](OCC)(OCC)C(CC(N)C(N)CC)[Si](OCCCCC)(OCCCCC)OCCCCC. The average Bonchev–Trinajstić information content (AvgIpc) is 2.97. The van der Waals surface area contributed by atoms with Crippen LogP contribution in [0.25, 0.3) is 0 Å². The van der Waals surface area contributed by atoms with Crippen LogP contribution in [0.2, 0.25) is 5.16 Å². The second-order valence-electron chi connectivity index (χ2n) is 11.2. The molecule has 0 bridgehead atoms. The third-order valence-electron chi connectivity index (χ3n) is 7.53. The quantitative estimate of drug-likeness (QED) is 0.0604. The Morgan fingerprint density at radius 2 is 0.780 bits per heavy atom. The fourth-order valence-corrected chi connectivity index (χ4v) is 13.5. The monoisotopic (exact) mass is 622 g/mol. The molecule has 0 heterocycles. The molecule has 0 rings (SSSR count). The van der Waals surface area contributed by atoms with Gasteiger partial charge >= 0.3 is 17.6 Å². The molecule has 0 aromatic rings. The van der Waals surface area contributed by atoms with Gasteiger partial charge in [-0.2, -0.15) is 0 Å².